The minimum Gasteiger partial charge on any atom is -0.497 e. The SMILES string of the molecule is CCCCCC1CCC(C=CC(OC(C=CC2CCC(CCCCC)CC2)c2ccc(OC)cc2)c2ccc(OC)cc2)CC1. The Morgan fingerprint density at radius 3 is 1.27 bits per heavy atom. The van der Waals surface area contributed by atoms with E-state index in [1.54, 1.807) is 14.2 Å². The zero-order chi connectivity index (χ0) is 31.7. The Kier molecular flexibility index (Phi) is 15.6. The molecule has 2 atom stereocenters. The summed E-state index contributed by atoms with van der Waals surface area (Å²) in [6.07, 6.45) is 31.0. The molecule has 0 bridgehead atoms. The van der Waals surface area contributed by atoms with Gasteiger partial charge in [0.25, 0.3) is 0 Å². The molecule has 248 valence electrons. The zero-order valence-corrected chi connectivity index (χ0v) is 28.9. The van der Waals surface area contributed by atoms with E-state index in [1.165, 1.54) is 114 Å². The molecule has 2 aliphatic carbocycles. The Morgan fingerprint density at radius 1 is 0.556 bits per heavy atom. The van der Waals surface area contributed by atoms with E-state index in [9.17, 15) is 0 Å². The Bertz CT molecular complexity index is 1010. The highest BCUT2D eigenvalue weighted by Gasteiger charge is 2.23. The number of unbranched alkanes of at least 4 members (excludes halogenated alkanes) is 4. The lowest BCUT2D eigenvalue weighted by Gasteiger charge is -2.28. The Labute approximate surface area is 275 Å². The van der Waals surface area contributed by atoms with Gasteiger partial charge in [-0.2, -0.15) is 0 Å². The van der Waals surface area contributed by atoms with E-state index in [-0.39, 0.29) is 12.2 Å². The molecular formula is C42H62O3. The van der Waals surface area contributed by atoms with Gasteiger partial charge in [0.05, 0.1) is 14.2 Å². The van der Waals surface area contributed by atoms with Crippen LogP contribution in [0.1, 0.15) is 140 Å². The highest BCUT2D eigenvalue weighted by Crippen LogP contribution is 2.37. The summed E-state index contributed by atoms with van der Waals surface area (Å²) in [6.45, 7) is 4.61. The maximum Gasteiger partial charge on any atom is 0.118 e. The lowest BCUT2D eigenvalue weighted by atomic mass is 9.79. The van der Waals surface area contributed by atoms with Crippen molar-refractivity contribution in [3.05, 3.63) is 84.0 Å². The standard InChI is InChI=1S/C42H62O3/c1-5-7-9-11-33-13-17-35(18-14-33)21-31-41(37-23-27-39(43-3)28-24-37)45-42(38-25-29-40(44-4)30-26-38)32-22-36-19-15-34(16-20-36)12-10-8-6-2/h21-36,41-42H,5-20H2,1-4H3. The summed E-state index contributed by atoms with van der Waals surface area (Å²) in [5.41, 5.74) is 2.33. The van der Waals surface area contributed by atoms with Gasteiger partial charge < -0.3 is 14.2 Å². The molecule has 2 unspecified atom stereocenters. The maximum atomic E-state index is 7.07. The summed E-state index contributed by atoms with van der Waals surface area (Å²) < 4.78 is 18.0. The quantitative estimate of drug-likeness (QED) is 0.123. The van der Waals surface area contributed by atoms with Crippen LogP contribution in [-0.4, -0.2) is 14.2 Å². The van der Waals surface area contributed by atoms with Crippen LogP contribution in [0.25, 0.3) is 0 Å². The number of hydrogen-bond acceptors (Lipinski definition) is 3. The van der Waals surface area contributed by atoms with Crippen LogP contribution in [0.3, 0.4) is 0 Å². The average molecular weight is 615 g/mol. The van der Waals surface area contributed by atoms with E-state index in [0.717, 1.165) is 23.3 Å². The normalized spacial score (nSPS) is 23.7. The molecule has 0 saturated heterocycles. The highest BCUT2D eigenvalue weighted by molar-refractivity contribution is 5.33. The molecule has 4 rings (SSSR count). The Morgan fingerprint density at radius 2 is 0.933 bits per heavy atom. The average Bonchev–Trinajstić information content (AvgIpc) is 3.09. The third-order valence-corrected chi connectivity index (χ3v) is 10.5. The first-order valence-electron chi connectivity index (χ1n) is 18.4. The summed E-state index contributed by atoms with van der Waals surface area (Å²) in [5, 5.41) is 0. The van der Waals surface area contributed by atoms with Gasteiger partial charge >= 0.3 is 0 Å². The molecule has 0 spiro atoms. The molecule has 3 heteroatoms. The number of rotatable bonds is 18. The number of allylic oxidation sites excluding steroid dienone is 2. The van der Waals surface area contributed by atoms with E-state index in [2.05, 4.69) is 86.7 Å². The van der Waals surface area contributed by atoms with Crippen molar-refractivity contribution in [2.75, 3.05) is 14.2 Å². The number of ether oxygens (including phenoxy) is 3. The van der Waals surface area contributed by atoms with E-state index < -0.39 is 0 Å². The van der Waals surface area contributed by atoms with Crippen LogP contribution in [0.15, 0.2) is 72.8 Å². The van der Waals surface area contributed by atoms with Gasteiger partial charge in [-0.1, -0.05) is 114 Å². The molecule has 0 N–H and O–H groups in total. The van der Waals surface area contributed by atoms with Crippen LogP contribution in [0.4, 0.5) is 0 Å². The van der Waals surface area contributed by atoms with E-state index in [0.29, 0.717) is 11.8 Å². The summed E-state index contributed by atoms with van der Waals surface area (Å²) >= 11 is 0. The maximum absolute atomic E-state index is 7.07. The van der Waals surface area contributed by atoms with Crippen molar-refractivity contribution in [3.63, 3.8) is 0 Å². The molecule has 2 aliphatic rings. The third kappa shape index (κ3) is 12.0. The molecule has 0 aromatic heterocycles. The van der Waals surface area contributed by atoms with Crippen LogP contribution in [-0.2, 0) is 4.74 Å². The Hall–Kier alpha value is -2.52. The van der Waals surface area contributed by atoms with Gasteiger partial charge in [0.2, 0.25) is 0 Å². The fourth-order valence-electron chi connectivity index (χ4n) is 7.44. The number of hydrogen-bond donors (Lipinski definition) is 0. The molecule has 45 heavy (non-hydrogen) atoms. The fraction of sp³-hybridized carbons (Fsp3) is 0.619. The molecule has 0 heterocycles. The summed E-state index contributed by atoms with van der Waals surface area (Å²) in [5.74, 6) is 4.87. The smallest absolute Gasteiger partial charge is 0.118 e. The Balaban J connectivity index is 1.48. The van der Waals surface area contributed by atoms with Crippen molar-refractivity contribution in [1.29, 1.82) is 0 Å². The predicted molar refractivity (Wildman–Crippen MR) is 190 cm³/mol. The largest absolute Gasteiger partial charge is 0.497 e. The van der Waals surface area contributed by atoms with Crippen molar-refractivity contribution in [1.82, 2.24) is 0 Å². The van der Waals surface area contributed by atoms with Gasteiger partial charge in [-0.05, 0) is 110 Å². The van der Waals surface area contributed by atoms with Gasteiger partial charge in [0.1, 0.15) is 23.7 Å². The van der Waals surface area contributed by atoms with Crippen LogP contribution in [0.2, 0.25) is 0 Å². The van der Waals surface area contributed by atoms with Crippen molar-refractivity contribution >= 4 is 0 Å². The first kappa shape index (κ1) is 35.3. The van der Waals surface area contributed by atoms with Gasteiger partial charge in [-0.25, -0.2) is 0 Å². The third-order valence-electron chi connectivity index (χ3n) is 10.5. The molecule has 3 nitrogen and oxygen atoms in total. The predicted octanol–water partition coefficient (Wildman–Crippen LogP) is 12.4. The van der Waals surface area contributed by atoms with Crippen LogP contribution in [0, 0.1) is 23.7 Å². The first-order chi connectivity index (χ1) is 22.1. The highest BCUT2D eigenvalue weighted by atomic mass is 16.5. The second-order valence-electron chi connectivity index (χ2n) is 13.8. The molecule has 2 aromatic carbocycles. The number of methoxy groups -OCH3 is 2. The van der Waals surface area contributed by atoms with Gasteiger partial charge in [0.15, 0.2) is 0 Å². The van der Waals surface area contributed by atoms with E-state index in [4.69, 9.17) is 14.2 Å². The van der Waals surface area contributed by atoms with Gasteiger partial charge in [-0.3, -0.25) is 0 Å². The second kappa shape index (κ2) is 19.9. The van der Waals surface area contributed by atoms with Crippen molar-refractivity contribution in [3.8, 4) is 11.5 Å². The second-order valence-corrected chi connectivity index (χ2v) is 13.8. The lowest BCUT2D eigenvalue weighted by Crippen LogP contribution is -2.14. The van der Waals surface area contributed by atoms with Crippen molar-refractivity contribution < 1.29 is 14.2 Å². The van der Waals surface area contributed by atoms with Crippen molar-refractivity contribution in [2.45, 2.75) is 129 Å². The molecule has 0 aliphatic heterocycles. The molecule has 0 amide bonds. The van der Waals surface area contributed by atoms with E-state index >= 15 is 0 Å². The fourth-order valence-corrected chi connectivity index (χ4v) is 7.44. The topological polar surface area (TPSA) is 27.7 Å². The van der Waals surface area contributed by atoms with Gasteiger partial charge in [0, 0.05) is 0 Å². The molecule has 2 saturated carbocycles. The molecule has 2 aromatic rings. The first-order valence-corrected chi connectivity index (χ1v) is 18.4. The molecular weight excluding hydrogens is 552 g/mol. The molecule has 2 fully saturated rings. The summed E-state index contributed by atoms with van der Waals surface area (Å²) in [7, 11) is 3.45. The van der Waals surface area contributed by atoms with Crippen molar-refractivity contribution in [2.24, 2.45) is 23.7 Å². The van der Waals surface area contributed by atoms with Crippen LogP contribution < -0.4 is 9.47 Å². The minimum absolute atomic E-state index is 0.135. The summed E-state index contributed by atoms with van der Waals surface area (Å²) in [4.78, 5) is 0. The lowest BCUT2D eigenvalue weighted by molar-refractivity contribution is 0.0390. The van der Waals surface area contributed by atoms with Gasteiger partial charge in [-0.15, -0.1) is 0 Å². The van der Waals surface area contributed by atoms with Crippen LogP contribution >= 0.6 is 0 Å². The van der Waals surface area contributed by atoms with Crippen LogP contribution in [0.5, 0.6) is 11.5 Å². The summed E-state index contributed by atoms with van der Waals surface area (Å²) in [6, 6.07) is 16.9. The monoisotopic (exact) mass is 614 g/mol. The number of benzene rings is 2. The minimum atomic E-state index is -0.135. The zero-order valence-electron chi connectivity index (χ0n) is 28.9. The molecule has 0 radical (unpaired) electrons. The van der Waals surface area contributed by atoms with E-state index in [1.807, 2.05) is 0 Å².